The molecule has 0 radical (unpaired) electrons. The number of amides is 2. The van der Waals surface area contributed by atoms with Crippen LogP contribution in [0.25, 0.3) is 0 Å². The number of hydrogen-bond acceptors (Lipinski definition) is 7. The molecule has 2 aliphatic carbocycles. The molecule has 0 atom stereocenters. The highest BCUT2D eigenvalue weighted by atomic mass is 28.4. The number of ether oxygens (including phenoxy) is 1. The Morgan fingerprint density at radius 2 is 1.16 bits per heavy atom. The molecule has 0 unspecified atom stereocenters. The van der Waals surface area contributed by atoms with Crippen molar-refractivity contribution in [2.45, 2.75) is 154 Å². The highest BCUT2D eigenvalue weighted by Crippen LogP contribution is 2.52. The monoisotopic (exact) mass is 792 g/mol. The van der Waals surface area contributed by atoms with Gasteiger partial charge in [-0.3, -0.25) is 9.59 Å². The summed E-state index contributed by atoms with van der Waals surface area (Å²) in [6.07, 6.45) is 5.59. The van der Waals surface area contributed by atoms with Gasteiger partial charge < -0.3 is 28.5 Å². The fraction of sp³-hybridized carbons (Fsp3) is 0.614. The Hall–Kier alpha value is -3.26. The van der Waals surface area contributed by atoms with Crippen LogP contribution in [0.4, 0.5) is 0 Å². The highest BCUT2D eigenvalue weighted by Gasteiger charge is 2.58. The summed E-state index contributed by atoms with van der Waals surface area (Å²) < 4.78 is 17.8. The van der Waals surface area contributed by atoms with E-state index in [0.717, 1.165) is 57.2 Å². The van der Waals surface area contributed by atoms with Crippen molar-refractivity contribution in [2.24, 2.45) is 0 Å². The fourth-order valence-electron chi connectivity index (χ4n) is 6.28. The quantitative estimate of drug-likeness (QED) is 0.105. The Kier molecular flexibility index (Phi) is 14.1. The molecule has 0 spiro atoms. The molecule has 1 N–H and O–H groups in total. The maximum absolute atomic E-state index is 12.9. The van der Waals surface area contributed by atoms with Crippen LogP contribution in [0.5, 0.6) is 0 Å². The number of likely N-dealkylation sites (tertiary alicyclic amines) is 2. The summed E-state index contributed by atoms with van der Waals surface area (Å²) in [5, 5.41) is 11.2. The Morgan fingerprint density at radius 1 is 0.709 bits per heavy atom. The molecule has 9 nitrogen and oxygen atoms in total. The molecule has 4 aliphatic rings. The van der Waals surface area contributed by atoms with Gasteiger partial charge in [0.25, 0.3) is 5.91 Å². The third-order valence-electron chi connectivity index (χ3n) is 12.1. The lowest BCUT2D eigenvalue weighted by atomic mass is 10.1. The van der Waals surface area contributed by atoms with Crippen molar-refractivity contribution in [2.75, 3.05) is 19.7 Å². The fourth-order valence-corrected chi connectivity index (χ4v) is 9.43. The highest BCUT2D eigenvalue weighted by molar-refractivity contribution is 6.74. The van der Waals surface area contributed by atoms with Gasteiger partial charge in [0, 0.05) is 32.6 Å². The van der Waals surface area contributed by atoms with Gasteiger partial charge in [-0.15, -0.1) is 0 Å². The lowest BCUT2D eigenvalue weighted by Crippen LogP contribution is -2.47. The summed E-state index contributed by atoms with van der Waals surface area (Å²) in [6.45, 7) is 27.1. The van der Waals surface area contributed by atoms with E-state index >= 15 is 0 Å². The average Bonchev–Trinajstić information content (AvgIpc) is 4.00. The van der Waals surface area contributed by atoms with Crippen molar-refractivity contribution in [3.8, 4) is 0 Å². The van der Waals surface area contributed by atoms with E-state index in [1.807, 2.05) is 65.3 Å². The first-order chi connectivity index (χ1) is 25.6. The molecule has 2 aliphatic heterocycles. The standard InChI is InChI=1S/C21H31NO3Si.C12H24O3Si.C11H13NO/c1-20(2,3)26(4,5)25-21(12-13-21)18(23)17-11-14-22(19(17)24)15-16-9-7-6-8-10-16;1-7-14-10(13)12(8-9-12)15-16(5,6)11(2,3)4;13-11-7-4-8-12(11)9-10-5-2-1-3-6-10/h6-10,23H,11-15H2,1-5H3;7-9H2,1-6H3;1-3,5-6H,4,7-9H2/b18-17-;;. The minimum absolute atomic E-state index is 0.0449. The predicted octanol–water partition coefficient (Wildman–Crippen LogP) is 9.70. The van der Waals surface area contributed by atoms with Crippen molar-refractivity contribution in [3.05, 3.63) is 83.1 Å². The molecule has 2 saturated heterocycles. The van der Waals surface area contributed by atoms with Gasteiger partial charge >= 0.3 is 5.97 Å². The van der Waals surface area contributed by atoms with Gasteiger partial charge in [0.05, 0.1) is 12.2 Å². The van der Waals surface area contributed by atoms with Crippen LogP contribution in [0.1, 0.15) is 105 Å². The first-order valence-electron chi connectivity index (χ1n) is 20.2. The summed E-state index contributed by atoms with van der Waals surface area (Å²) >= 11 is 0. The third kappa shape index (κ3) is 11.4. The first-order valence-corrected chi connectivity index (χ1v) is 26.0. The van der Waals surface area contributed by atoms with Crippen LogP contribution in [-0.4, -0.2) is 80.2 Å². The number of aliphatic hydroxyl groups excluding tert-OH is 1. The molecule has 11 heteroatoms. The maximum Gasteiger partial charge on any atom is 0.337 e. The number of carbonyl (C=O) groups excluding carboxylic acids is 3. The van der Waals surface area contributed by atoms with Crippen molar-refractivity contribution in [1.29, 1.82) is 0 Å². The van der Waals surface area contributed by atoms with E-state index in [2.05, 4.69) is 79.9 Å². The first kappa shape index (κ1) is 44.5. The number of carbonyl (C=O) groups is 3. The molecule has 6 rings (SSSR count). The van der Waals surface area contributed by atoms with Gasteiger partial charge in [-0.25, -0.2) is 4.79 Å². The minimum atomic E-state index is -2.01. The summed E-state index contributed by atoms with van der Waals surface area (Å²) in [5.41, 5.74) is 1.67. The van der Waals surface area contributed by atoms with Gasteiger partial charge in [-0.1, -0.05) is 102 Å². The molecular weight excluding hydrogens is 725 g/mol. The molecule has 2 aromatic rings. The van der Waals surface area contributed by atoms with Gasteiger partial charge in [-0.05, 0) is 92.8 Å². The van der Waals surface area contributed by atoms with Crippen molar-refractivity contribution in [1.82, 2.24) is 9.80 Å². The van der Waals surface area contributed by atoms with Crippen molar-refractivity contribution < 1.29 is 33.1 Å². The summed E-state index contributed by atoms with van der Waals surface area (Å²) in [6, 6.07) is 20.1. The molecular formula is C44H68N2O7Si2. The molecule has 2 aromatic carbocycles. The smallest absolute Gasteiger partial charge is 0.337 e. The summed E-state index contributed by atoms with van der Waals surface area (Å²) in [5.74, 6) is 0.281. The van der Waals surface area contributed by atoms with E-state index in [4.69, 9.17) is 13.6 Å². The number of rotatable bonds is 11. The van der Waals surface area contributed by atoms with Crippen LogP contribution in [0.15, 0.2) is 72.0 Å². The molecule has 2 saturated carbocycles. The molecule has 55 heavy (non-hydrogen) atoms. The number of hydrogen-bond donors (Lipinski definition) is 1. The van der Waals surface area contributed by atoms with Gasteiger partial charge in [0.15, 0.2) is 22.2 Å². The van der Waals surface area contributed by atoms with Gasteiger partial charge in [0.1, 0.15) is 11.4 Å². The topological polar surface area (TPSA) is 106 Å². The average molecular weight is 793 g/mol. The maximum atomic E-state index is 12.9. The minimum Gasteiger partial charge on any atom is -0.509 e. The van der Waals surface area contributed by atoms with Gasteiger partial charge in [0.2, 0.25) is 5.91 Å². The Labute approximate surface area is 333 Å². The van der Waals surface area contributed by atoms with Gasteiger partial charge in [-0.2, -0.15) is 0 Å². The Bertz CT molecular complexity index is 1650. The number of benzene rings is 2. The zero-order valence-electron chi connectivity index (χ0n) is 35.5. The Balaban J connectivity index is 0.000000198. The second-order valence-electron chi connectivity index (χ2n) is 18.6. The third-order valence-corrected chi connectivity index (χ3v) is 21.1. The van der Waals surface area contributed by atoms with Crippen LogP contribution in [0.3, 0.4) is 0 Å². The number of aliphatic hydroxyl groups is 1. The molecule has 304 valence electrons. The Morgan fingerprint density at radius 3 is 1.56 bits per heavy atom. The van der Waals surface area contributed by atoms with Crippen LogP contribution in [-0.2, 0) is 41.1 Å². The molecule has 0 aromatic heterocycles. The predicted molar refractivity (Wildman–Crippen MR) is 224 cm³/mol. The summed E-state index contributed by atoms with van der Waals surface area (Å²) in [4.78, 5) is 39.7. The van der Waals surface area contributed by atoms with E-state index in [1.165, 1.54) is 5.56 Å². The molecule has 2 heterocycles. The van der Waals surface area contributed by atoms with E-state index < -0.39 is 27.8 Å². The van der Waals surface area contributed by atoms with Crippen molar-refractivity contribution >= 4 is 34.4 Å². The molecule has 4 fully saturated rings. The lowest BCUT2D eigenvalue weighted by Gasteiger charge is -2.39. The second kappa shape index (κ2) is 17.5. The van der Waals surface area contributed by atoms with Crippen molar-refractivity contribution in [3.63, 3.8) is 0 Å². The number of esters is 1. The van der Waals surface area contributed by atoms with E-state index in [0.29, 0.717) is 37.6 Å². The largest absolute Gasteiger partial charge is 0.509 e. The van der Waals surface area contributed by atoms with Crippen LogP contribution >= 0.6 is 0 Å². The zero-order valence-corrected chi connectivity index (χ0v) is 37.5. The molecule has 0 bridgehead atoms. The van der Waals surface area contributed by atoms with E-state index in [9.17, 15) is 19.5 Å². The molecule has 2 amide bonds. The van der Waals surface area contributed by atoms with Crippen LogP contribution in [0.2, 0.25) is 36.3 Å². The van der Waals surface area contributed by atoms with Crippen LogP contribution in [0, 0.1) is 0 Å². The second-order valence-corrected chi connectivity index (χ2v) is 28.1. The van der Waals surface area contributed by atoms with E-state index in [-0.39, 0.29) is 27.7 Å². The summed E-state index contributed by atoms with van der Waals surface area (Å²) in [7, 11) is -3.88. The van der Waals surface area contributed by atoms with E-state index in [1.54, 1.807) is 0 Å². The normalized spacial score (nSPS) is 19.9. The number of nitrogens with zero attached hydrogens (tertiary/aromatic N) is 2. The van der Waals surface area contributed by atoms with Crippen LogP contribution < -0.4 is 0 Å². The zero-order chi connectivity index (χ0) is 40.9. The lowest BCUT2D eigenvalue weighted by molar-refractivity contribution is -0.154. The SMILES string of the molecule is CC(C)(C)[Si](C)(C)OC1(/C(O)=C2\CCN(Cc3ccccc3)C2=O)CC1.CCOC(=O)C1(O[Si](C)(C)C(C)(C)C)CC1.O=C1CCCN1Cc1ccccc1.